The molecule has 1 aromatic rings. The third-order valence-electron chi connectivity index (χ3n) is 3.35. The fraction of sp³-hybridized carbons (Fsp3) is 0.500. The highest BCUT2D eigenvalue weighted by Gasteiger charge is 2.17. The first-order valence-corrected chi connectivity index (χ1v) is 6.25. The molecule has 1 amide bonds. The molecule has 0 bridgehead atoms. The van der Waals surface area contributed by atoms with Gasteiger partial charge in [-0.3, -0.25) is 4.79 Å². The van der Waals surface area contributed by atoms with Crippen LogP contribution in [-0.2, 0) is 11.3 Å². The minimum absolute atomic E-state index is 0.112. The lowest BCUT2D eigenvalue weighted by Crippen LogP contribution is -2.24. The zero-order valence-electron chi connectivity index (χ0n) is 9.92. The van der Waals surface area contributed by atoms with Gasteiger partial charge in [-0.25, -0.2) is 4.39 Å². The summed E-state index contributed by atoms with van der Waals surface area (Å²) in [6.45, 7) is 0.492. The van der Waals surface area contributed by atoms with E-state index >= 15 is 0 Å². The van der Waals surface area contributed by atoms with Gasteiger partial charge in [-0.1, -0.05) is 25.0 Å². The van der Waals surface area contributed by atoms with Crippen molar-refractivity contribution in [1.29, 1.82) is 0 Å². The van der Waals surface area contributed by atoms with Gasteiger partial charge in [0, 0.05) is 13.0 Å². The van der Waals surface area contributed by atoms with Crippen molar-refractivity contribution in [2.24, 2.45) is 5.92 Å². The number of halogens is 1. The van der Waals surface area contributed by atoms with Crippen molar-refractivity contribution >= 4 is 5.91 Å². The van der Waals surface area contributed by atoms with Gasteiger partial charge in [0.05, 0.1) is 0 Å². The standard InChI is InChI=1S/C14H18FNO/c15-13-7-5-12(6-8-13)10-16-14(17)9-11-3-1-2-4-11/h5-8,11H,1-4,9-10H2,(H,16,17). The molecule has 1 N–H and O–H groups in total. The highest BCUT2D eigenvalue weighted by molar-refractivity contribution is 5.76. The smallest absolute Gasteiger partial charge is 0.220 e. The normalized spacial score (nSPS) is 16.1. The lowest BCUT2D eigenvalue weighted by atomic mass is 10.0. The summed E-state index contributed by atoms with van der Waals surface area (Å²) in [5.74, 6) is 0.440. The van der Waals surface area contributed by atoms with Crippen molar-refractivity contribution in [3.8, 4) is 0 Å². The Bertz CT molecular complexity index is 368. The van der Waals surface area contributed by atoms with Gasteiger partial charge in [0.25, 0.3) is 0 Å². The molecule has 1 aliphatic carbocycles. The van der Waals surface area contributed by atoms with E-state index in [0.29, 0.717) is 18.9 Å². The second kappa shape index (κ2) is 5.80. The van der Waals surface area contributed by atoms with E-state index in [0.717, 1.165) is 5.56 Å². The summed E-state index contributed by atoms with van der Waals surface area (Å²) in [5.41, 5.74) is 0.936. The van der Waals surface area contributed by atoms with Crippen molar-refractivity contribution in [1.82, 2.24) is 5.32 Å². The quantitative estimate of drug-likeness (QED) is 0.854. The van der Waals surface area contributed by atoms with E-state index in [1.807, 2.05) is 0 Å². The monoisotopic (exact) mass is 235 g/mol. The summed E-state index contributed by atoms with van der Waals surface area (Å²) in [5, 5.41) is 2.88. The van der Waals surface area contributed by atoms with Gasteiger partial charge in [-0.05, 0) is 36.5 Å². The van der Waals surface area contributed by atoms with Crippen molar-refractivity contribution in [2.45, 2.75) is 38.6 Å². The predicted molar refractivity (Wildman–Crippen MR) is 64.8 cm³/mol. The third-order valence-corrected chi connectivity index (χ3v) is 3.35. The van der Waals surface area contributed by atoms with Crippen molar-refractivity contribution < 1.29 is 9.18 Å². The Labute approximate surface area is 101 Å². The Hall–Kier alpha value is -1.38. The summed E-state index contributed by atoms with van der Waals surface area (Å²) >= 11 is 0. The van der Waals surface area contributed by atoms with Crippen molar-refractivity contribution in [3.05, 3.63) is 35.6 Å². The molecule has 1 fully saturated rings. The molecule has 0 saturated heterocycles. The van der Waals surface area contributed by atoms with E-state index in [4.69, 9.17) is 0 Å². The molecule has 0 radical (unpaired) electrons. The average molecular weight is 235 g/mol. The molecule has 1 aliphatic rings. The van der Waals surface area contributed by atoms with Crippen molar-refractivity contribution in [2.75, 3.05) is 0 Å². The molecular formula is C14H18FNO. The van der Waals surface area contributed by atoms with E-state index in [1.165, 1.54) is 37.8 Å². The van der Waals surface area contributed by atoms with Gasteiger partial charge in [0.2, 0.25) is 5.91 Å². The molecule has 0 unspecified atom stereocenters. The molecular weight excluding hydrogens is 217 g/mol. The molecule has 0 aliphatic heterocycles. The molecule has 17 heavy (non-hydrogen) atoms. The van der Waals surface area contributed by atoms with Gasteiger partial charge >= 0.3 is 0 Å². The fourth-order valence-corrected chi connectivity index (χ4v) is 2.35. The Morgan fingerprint density at radius 2 is 1.88 bits per heavy atom. The van der Waals surface area contributed by atoms with Crippen LogP contribution in [0.5, 0.6) is 0 Å². The van der Waals surface area contributed by atoms with Crippen molar-refractivity contribution in [3.63, 3.8) is 0 Å². The van der Waals surface area contributed by atoms with Crippen LogP contribution in [0.15, 0.2) is 24.3 Å². The first kappa shape index (κ1) is 12.1. The van der Waals surface area contributed by atoms with Crippen LogP contribution in [0.25, 0.3) is 0 Å². The molecule has 92 valence electrons. The summed E-state index contributed by atoms with van der Waals surface area (Å²) in [4.78, 5) is 11.7. The van der Waals surface area contributed by atoms with Crippen LogP contribution in [0.1, 0.15) is 37.7 Å². The van der Waals surface area contributed by atoms with Crippen LogP contribution in [-0.4, -0.2) is 5.91 Å². The topological polar surface area (TPSA) is 29.1 Å². The van der Waals surface area contributed by atoms with E-state index in [9.17, 15) is 9.18 Å². The number of benzene rings is 1. The van der Waals surface area contributed by atoms with Crippen LogP contribution in [0.4, 0.5) is 4.39 Å². The number of amides is 1. The van der Waals surface area contributed by atoms with E-state index in [2.05, 4.69) is 5.32 Å². The zero-order chi connectivity index (χ0) is 12.1. The molecule has 0 aromatic heterocycles. The lowest BCUT2D eigenvalue weighted by molar-refractivity contribution is -0.122. The molecule has 0 atom stereocenters. The average Bonchev–Trinajstić information content (AvgIpc) is 2.81. The summed E-state index contributed by atoms with van der Waals surface area (Å²) in [7, 11) is 0. The van der Waals surface area contributed by atoms with Crippen LogP contribution >= 0.6 is 0 Å². The number of carbonyl (C=O) groups is 1. The number of carbonyl (C=O) groups excluding carboxylic acids is 1. The maximum Gasteiger partial charge on any atom is 0.220 e. The second-order valence-electron chi connectivity index (χ2n) is 4.76. The zero-order valence-corrected chi connectivity index (χ0v) is 9.92. The minimum Gasteiger partial charge on any atom is -0.352 e. The Balaban J connectivity index is 1.73. The number of nitrogens with one attached hydrogen (secondary N) is 1. The van der Waals surface area contributed by atoms with E-state index < -0.39 is 0 Å². The molecule has 1 aromatic carbocycles. The highest BCUT2D eigenvalue weighted by atomic mass is 19.1. The largest absolute Gasteiger partial charge is 0.352 e. The Morgan fingerprint density at radius 1 is 1.24 bits per heavy atom. The van der Waals surface area contributed by atoms with Gasteiger partial charge in [-0.15, -0.1) is 0 Å². The number of hydrogen-bond donors (Lipinski definition) is 1. The maximum absolute atomic E-state index is 12.7. The van der Waals surface area contributed by atoms with Crippen LogP contribution in [0, 0.1) is 11.7 Å². The summed E-state index contributed by atoms with van der Waals surface area (Å²) in [6.07, 6.45) is 5.53. The Morgan fingerprint density at radius 3 is 2.53 bits per heavy atom. The lowest BCUT2D eigenvalue weighted by Gasteiger charge is -2.09. The van der Waals surface area contributed by atoms with Gasteiger partial charge in [0.1, 0.15) is 5.82 Å². The fourth-order valence-electron chi connectivity index (χ4n) is 2.35. The highest BCUT2D eigenvalue weighted by Crippen LogP contribution is 2.27. The van der Waals surface area contributed by atoms with Gasteiger partial charge in [0.15, 0.2) is 0 Å². The molecule has 2 rings (SSSR count). The summed E-state index contributed by atoms with van der Waals surface area (Å²) in [6, 6.07) is 6.23. The van der Waals surface area contributed by atoms with Crippen LogP contribution < -0.4 is 5.32 Å². The van der Waals surface area contributed by atoms with Gasteiger partial charge in [-0.2, -0.15) is 0 Å². The molecule has 3 heteroatoms. The first-order chi connectivity index (χ1) is 8.24. The predicted octanol–water partition coefficient (Wildman–Crippen LogP) is 3.02. The number of rotatable bonds is 4. The SMILES string of the molecule is O=C(CC1CCCC1)NCc1ccc(F)cc1. The van der Waals surface area contributed by atoms with Crippen LogP contribution in [0.2, 0.25) is 0 Å². The molecule has 2 nitrogen and oxygen atoms in total. The maximum atomic E-state index is 12.7. The van der Waals surface area contributed by atoms with E-state index in [1.54, 1.807) is 12.1 Å². The molecule has 0 heterocycles. The van der Waals surface area contributed by atoms with Gasteiger partial charge < -0.3 is 5.32 Å². The minimum atomic E-state index is -0.244. The number of hydrogen-bond acceptors (Lipinski definition) is 1. The third kappa shape index (κ3) is 3.84. The van der Waals surface area contributed by atoms with E-state index in [-0.39, 0.29) is 11.7 Å². The Kier molecular flexibility index (Phi) is 4.13. The first-order valence-electron chi connectivity index (χ1n) is 6.25. The molecule has 0 spiro atoms. The van der Waals surface area contributed by atoms with Crippen LogP contribution in [0.3, 0.4) is 0 Å². The second-order valence-corrected chi connectivity index (χ2v) is 4.76. The summed E-state index contributed by atoms with van der Waals surface area (Å²) < 4.78 is 12.7. The molecule has 1 saturated carbocycles.